The van der Waals surface area contributed by atoms with Crippen LogP contribution in [0.25, 0.3) is 10.6 Å². The van der Waals surface area contributed by atoms with Crippen LogP contribution < -0.4 is 10.9 Å². The quantitative estimate of drug-likeness (QED) is 0.582. The molecular formula is C25H31N5O3S. The molecule has 1 aliphatic rings. The zero-order valence-electron chi connectivity index (χ0n) is 20.3. The summed E-state index contributed by atoms with van der Waals surface area (Å²) >= 11 is 1.25. The van der Waals surface area contributed by atoms with E-state index in [1.165, 1.54) is 21.6 Å². The van der Waals surface area contributed by atoms with Crippen molar-refractivity contribution in [2.45, 2.75) is 33.7 Å². The van der Waals surface area contributed by atoms with Crippen LogP contribution in [-0.4, -0.2) is 58.4 Å². The first-order valence-electron chi connectivity index (χ1n) is 11.4. The van der Waals surface area contributed by atoms with E-state index in [9.17, 15) is 9.59 Å². The Kier molecular flexibility index (Phi) is 7.25. The van der Waals surface area contributed by atoms with E-state index >= 15 is 0 Å². The molecule has 3 aromatic rings. The van der Waals surface area contributed by atoms with Gasteiger partial charge in [-0.3, -0.25) is 14.5 Å². The molecule has 9 heteroatoms. The molecule has 1 atom stereocenters. The average Bonchev–Trinajstić information content (AvgIpc) is 3.20. The number of benzene rings is 1. The molecule has 1 N–H and O–H groups in total. The van der Waals surface area contributed by atoms with Gasteiger partial charge < -0.3 is 10.1 Å². The van der Waals surface area contributed by atoms with Crippen molar-refractivity contribution >= 4 is 17.2 Å². The fourth-order valence-corrected chi connectivity index (χ4v) is 5.18. The van der Waals surface area contributed by atoms with E-state index in [1.54, 1.807) is 7.05 Å². The van der Waals surface area contributed by atoms with E-state index in [2.05, 4.69) is 51.5 Å². The lowest BCUT2D eigenvalue weighted by Gasteiger charge is -2.31. The first-order chi connectivity index (χ1) is 16.2. The Morgan fingerprint density at radius 2 is 1.79 bits per heavy atom. The summed E-state index contributed by atoms with van der Waals surface area (Å²) in [5, 5.41) is 8.02. The third kappa shape index (κ3) is 5.11. The van der Waals surface area contributed by atoms with Crippen molar-refractivity contribution in [1.82, 2.24) is 25.0 Å². The molecule has 1 fully saturated rings. The zero-order valence-corrected chi connectivity index (χ0v) is 21.2. The minimum Gasteiger partial charge on any atom is -0.379 e. The van der Waals surface area contributed by atoms with Crippen LogP contribution in [-0.2, 0) is 11.8 Å². The van der Waals surface area contributed by atoms with Gasteiger partial charge in [-0.2, -0.15) is 5.10 Å². The molecule has 1 amide bonds. The average molecular weight is 482 g/mol. The standard InChI is InChI=1S/C25H31N5O3S/c1-15-6-8-19(9-7-15)20(14-30-10-12-33-13-11-30)27-23(31)22-18(4)26-24(34-22)21-16(2)17(3)28-29(5)25(21)32/h6-9,20H,10-14H2,1-5H3,(H,27,31). The molecule has 4 rings (SSSR count). The lowest BCUT2D eigenvalue weighted by molar-refractivity contribution is 0.0332. The molecule has 34 heavy (non-hydrogen) atoms. The maximum absolute atomic E-state index is 13.4. The van der Waals surface area contributed by atoms with Gasteiger partial charge in [0.1, 0.15) is 9.88 Å². The number of hydrogen-bond donors (Lipinski definition) is 1. The molecule has 1 saturated heterocycles. The largest absolute Gasteiger partial charge is 0.379 e. The Hall–Kier alpha value is -2.88. The third-order valence-electron chi connectivity index (χ3n) is 6.27. The van der Waals surface area contributed by atoms with Crippen molar-refractivity contribution in [1.29, 1.82) is 0 Å². The van der Waals surface area contributed by atoms with Gasteiger partial charge in [0.2, 0.25) is 0 Å². The summed E-state index contributed by atoms with van der Waals surface area (Å²) in [6, 6.07) is 8.09. The van der Waals surface area contributed by atoms with E-state index in [0.29, 0.717) is 40.9 Å². The van der Waals surface area contributed by atoms with Gasteiger partial charge in [0, 0.05) is 26.7 Å². The van der Waals surface area contributed by atoms with E-state index < -0.39 is 0 Å². The Morgan fingerprint density at radius 3 is 2.47 bits per heavy atom. The number of carbonyl (C=O) groups is 1. The molecule has 0 bridgehead atoms. The predicted molar refractivity (Wildman–Crippen MR) is 133 cm³/mol. The molecule has 0 radical (unpaired) electrons. The van der Waals surface area contributed by atoms with Gasteiger partial charge in [-0.15, -0.1) is 11.3 Å². The van der Waals surface area contributed by atoms with Crippen molar-refractivity contribution < 1.29 is 9.53 Å². The fourth-order valence-electron chi connectivity index (χ4n) is 4.11. The Labute approximate surface area is 203 Å². The van der Waals surface area contributed by atoms with Crippen LogP contribution in [0.5, 0.6) is 0 Å². The fraction of sp³-hybridized carbons (Fsp3) is 0.440. The number of rotatable bonds is 6. The first kappa shape index (κ1) is 24.3. The number of thiazole rings is 1. The van der Waals surface area contributed by atoms with E-state index in [1.807, 2.05) is 20.8 Å². The summed E-state index contributed by atoms with van der Waals surface area (Å²) in [5.74, 6) is -0.180. The Bertz CT molecular complexity index is 1240. The number of morpholine rings is 1. The number of ether oxygens (including phenoxy) is 1. The minimum atomic E-state index is -0.214. The van der Waals surface area contributed by atoms with Gasteiger partial charge >= 0.3 is 0 Å². The second kappa shape index (κ2) is 10.2. The Balaban J connectivity index is 1.63. The maximum Gasteiger partial charge on any atom is 0.277 e. The summed E-state index contributed by atoms with van der Waals surface area (Å²) in [5.41, 5.74) is 4.69. The highest BCUT2D eigenvalue weighted by Crippen LogP contribution is 2.29. The van der Waals surface area contributed by atoms with Crippen LogP contribution in [0.3, 0.4) is 0 Å². The molecule has 1 unspecified atom stereocenters. The molecule has 0 spiro atoms. The van der Waals surface area contributed by atoms with Gasteiger partial charge in [-0.05, 0) is 38.8 Å². The number of aryl methyl sites for hydroxylation is 4. The number of nitrogens with zero attached hydrogens (tertiary/aromatic N) is 4. The van der Waals surface area contributed by atoms with Crippen LogP contribution in [0.15, 0.2) is 29.1 Å². The molecular weight excluding hydrogens is 450 g/mol. The number of carbonyl (C=O) groups excluding carboxylic acids is 1. The predicted octanol–water partition coefficient (Wildman–Crippen LogP) is 2.94. The van der Waals surface area contributed by atoms with Crippen LogP contribution in [0.1, 0.15) is 43.8 Å². The minimum absolute atomic E-state index is 0.172. The van der Waals surface area contributed by atoms with Gasteiger partial charge in [-0.25, -0.2) is 9.67 Å². The van der Waals surface area contributed by atoms with Gasteiger partial charge in [-0.1, -0.05) is 29.8 Å². The van der Waals surface area contributed by atoms with Crippen LogP contribution >= 0.6 is 11.3 Å². The van der Waals surface area contributed by atoms with E-state index in [4.69, 9.17) is 4.74 Å². The van der Waals surface area contributed by atoms with Crippen molar-refractivity contribution in [3.63, 3.8) is 0 Å². The summed E-state index contributed by atoms with van der Waals surface area (Å²) in [4.78, 5) is 33.7. The number of aromatic nitrogens is 3. The van der Waals surface area contributed by atoms with Crippen molar-refractivity contribution in [2.24, 2.45) is 7.05 Å². The normalized spacial score (nSPS) is 15.3. The highest BCUT2D eigenvalue weighted by Gasteiger charge is 2.25. The molecule has 3 heterocycles. The highest BCUT2D eigenvalue weighted by atomic mass is 32.1. The molecule has 8 nitrogen and oxygen atoms in total. The van der Waals surface area contributed by atoms with E-state index in [-0.39, 0.29) is 17.5 Å². The van der Waals surface area contributed by atoms with Crippen LogP contribution in [0.2, 0.25) is 0 Å². The van der Waals surface area contributed by atoms with Crippen molar-refractivity contribution in [3.05, 3.63) is 67.6 Å². The summed E-state index contributed by atoms with van der Waals surface area (Å²) in [7, 11) is 1.63. The van der Waals surface area contributed by atoms with E-state index in [0.717, 1.165) is 29.9 Å². The van der Waals surface area contributed by atoms with Gasteiger partial charge in [0.25, 0.3) is 11.5 Å². The van der Waals surface area contributed by atoms with Gasteiger partial charge in [0.15, 0.2) is 0 Å². The van der Waals surface area contributed by atoms with Crippen LogP contribution in [0, 0.1) is 27.7 Å². The molecule has 1 aliphatic heterocycles. The van der Waals surface area contributed by atoms with Crippen molar-refractivity contribution in [3.8, 4) is 10.6 Å². The monoisotopic (exact) mass is 481 g/mol. The SMILES string of the molecule is Cc1ccc(C(CN2CCOCC2)NC(=O)c2sc(-c3c(C)c(C)nn(C)c3=O)nc2C)cc1. The maximum atomic E-state index is 13.4. The summed E-state index contributed by atoms with van der Waals surface area (Å²) < 4.78 is 6.81. The lowest BCUT2D eigenvalue weighted by atomic mass is 10.0. The number of hydrogen-bond acceptors (Lipinski definition) is 7. The second-order valence-corrected chi connectivity index (χ2v) is 9.80. The van der Waals surface area contributed by atoms with Crippen molar-refractivity contribution in [2.75, 3.05) is 32.8 Å². The zero-order chi connectivity index (χ0) is 24.4. The molecule has 0 saturated carbocycles. The molecule has 0 aliphatic carbocycles. The van der Waals surface area contributed by atoms with Crippen LogP contribution in [0.4, 0.5) is 0 Å². The second-order valence-electron chi connectivity index (χ2n) is 8.80. The summed E-state index contributed by atoms with van der Waals surface area (Å²) in [6.07, 6.45) is 0. The molecule has 2 aromatic heterocycles. The Morgan fingerprint density at radius 1 is 1.12 bits per heavy atom. The summed E-state index contributed by atoms with van der Waals surface area (Å²) in [6.45, 7) is 11.4. The third-order valence-corrected chi connectivity index (χ3v) is 7.45. The lowest BCUT2D eigenvalue weighted by Crippen LogP contribution is -2.43. The molecule has 1 aromatic carbocycles. The number of nitrogens with one attached hydrogen (secondary N) is 1. The van der Waals surface area contributed by atoms with Gasteiger partial charge in [0.05, 0.1) is 36.2 Å². The highest BCUT2D eigenvalue weighted by molar-refractivity contribution is 7.17. The topological polar surface area (TPSA) is 89.4 Å². The first-order valence-corrected chi connectivity index (χ1v) is 12.3. The number of amides is 1. The smallest absolute Gasteiger partial charge is 0.277 e. The molecule has 180 valence electrons.